The van der Waals surface area contributed by atoms with Gasteiger partial charge in [0.15, 0.2) is 5.65 Å². The Labute approximate surface area is 159 Å². The van der Waals surface area contributed by atoms with Gasteiger partial charge in [0, 0.05) is 31.4 Å². The summed E-state index contributed by atoms with van der Waals surface area (Å²) >= 11 is 0. The highest BCUT2D eigenvalue weighted by molar-refractivity contribution is 5.80. The summed E-state index contributed by atoms with van der Waals surface area (Å²) in [4.78, 5) is 7.33. The first kappa shape index (κ1) is 16.6. The Morgan fingerprint density at radius 1 is 1.15 bits per heavy atom. The number of ether oxygens (including phenoxy) is 1. The van der Waals surface area contributed by atoms with Crippen molar-refractivity contribution in [3.05, 3.63) is 42.2 Å². The molecule has 6 bridgehead atoms. The number of aryl methyl sites for hydroxylation is 1. The number of nitrogens with one attached hydrogen (secondary N) is 1. The Morgan fingerprint density at radius 2 is 2.11 bits per heavy atom. The summed E-state index contributed by atoms with van der Waals surface area (Å²) in [5.74, 6) is 1.84. The summed E-state index contributed by atoms with van der Waals surface area (Å²) in [5.41, 5.74) is 4.25. The first-order valence-electron chi connectivity index (χ1n) is 9.84. The van der Waals surface area contributed by atoms with Crippen LogP contribution in [0.2, 0.25) is 0 Å². The predicted octanol–water partition coefficient (Wildman–Crippen LogP) is 3.36. The zero-order valence-electron chi connectivity index (χ0n) is 15.7. The van der Waals surface area contributed by atoms with Crippen molar-refractivity contribution in [3.8, 4) is 16.9 Å². The Hall–Kier alpha value is -2.60. The molecule has 6 heteroatoms. The summed E-state index contributed by atoms with van der Waals surface area (Å²) in [6, 6.07) is 8.37. The summed E-state index contributed by atoms with van der Waals surface area (Å²) in [7, 11) is 0. The Bertz CT molecular complexity index is 966. The average Bonchev–Trinajstić information content (AvgIpc) is 2.95. The van der Waals surface area contributed by atoms with Crippen LogP contribution in [0.3, 0.4) is 0 Å². The molecule has 140 valence electrons. The molecule has 4 heterocycles. The lowest BCUT2D eigenvalue weighted by Crippen LogP contribution is -2.37. The van der Waals surface area contributed by atoms with E-state index in [9.17, 15) is 0 Å². The lowest BCUT2D eigenvalue weighted by molar-refractivity contribution is 0.144. The molecule has 1 fully saturated rings. The number of aromatic nitrogens is 3. The van der Waals surface area contributed by atoms with Gasteiger partial charge in [-0.3, -0.25) is 4.90 Å². The monoisotopic (exact) mass is 363 g/mol. The van der Waals surface area contributed by atoms with Crippen molar-refractivity contribution in [3.63, 3.8) is 0 Å². The standard InChI is InChI=1S/C21H25N5O/c1-15-5-6-16-12-18(15)19-13-23-26-10-7-20(24-21(19)26)22-8-11-25-9-3-2-4-17(14-25)27-16/h5-7,10,12-13,17H,2-4,8-9,11,14H2,1H3,(H,22,24). The third-order valence-electron chi connectivity index (χ3n) is 5.62. The molecular formula is C21H25N5O. The van der Waals surface area contributed by atoms with Crippen LogP contribution >= 0.6 is 0 Å². The molecule has 3 aromatic rings. The zero-order valence-corrected chi connectivity index (χ0v) is 15.7. The first-order chi connectivity index (χ1) is 13.3. The van der Waals surface area contributed by atoms with Crippen molar-refractivity contribution in [1.82, 2.24) is 19.5 Å². The lowest BCUT2D eigenvalue weighted by Gasteiger charge is -2.25. The van der Waals surface area contributed by atoms with Crippen LogP contribution < -0.4 is 10.1 Å². The number of hydrogen-bond donors (Lipinski definition) is 1. The van der Waals surface area contributed by atoms with E-state index in [1.165, 1.54) is 18.4 Å². The highest BCUT2D eigenvalue weighted by Crippen LogP contribution is 2.31. The number of rotatable bonds is 0. The molecule has 0 aliphatic carbocycles. The summed E-state index contributed by atoms with van der Waals surface area (Å²) in [5, 5.41) is 7.97. The average molecular weight is 363 g/mol. The van der Waals surface area contributed by atoms with Crippen molar-refractivity contribution in [1.29, 1.82) is 0 Å². The maximum atomic E-state index is 6.42. The Kier molecular flexibility index (Phi) is 4.20. The van der Waals surface area contributed by atoms with Crippen LogP contribution in [0, 0.1) is 6.92 Å². The van der Waals surface area contributed by atoms with Crippen LogP contribution in [0.4, 0.5) is 5.82 Å². The van der Waals surface area contributed by atoms with E-state index < -0.39 is 0 Å². The minimum Gasteiger partial charge on any atom is -0.489 e. The van der Waals surface area contributed by atoms with Gasteiger partial charge in [-0.25, -0.2) is 9.50 Å². The maximum Gasteiger partial charge on any atom is 0.165 e. The smallest absolute Gasteiger partial charge is 0.165 e. The van der Waals surface area contributed by atoms with Crippen LogP contribution in [0.5, 0.6) is 5.75 Å². The quantitative estimate of drug-likeness (QED) is 0.664. The third-order valence-corrected chi connectivity index (χ3v) is 5.62. The lowest BCUT2D eigenvalue weighted by atomic mass is 10.0. The molecule has 0 amide bonds. The molecule has 6 nitrogen and oxygen atoms in total. The minimum atomic E-state index is 0.245. The SMILES string of the molecule is Cc1ccc2cc1-c1cnn3ccc(nc13)NCCN1CCCCC(C1)O2. The van der Waals surface area contributed by atoms with Crippen LogP contribution in [-0.4, -0.2) is 51.8 Å². The van der Waals surface area contributed by atoms with E-state index in [0.717, 1.165) is 60.9 Å². The zero-order chi connectivity index (χ0) is 18.2. The molecule has 1 aromatic carbocycles. The van der Waals surface area contributed by atoms with Gasteiger partial charge in [0.05, 0.1) is 6.20 Å². The number of fused-ring (bicyclic) bond motifs is 6. The van der Waals surface area contributed by atoms with E-state index in [2.05, 4.69) is 40.4 Å². The van der Waals surface area contributed by atoms with Gasteiger partial charge < -0.3 is 10.1 Å². The van der Waals surface area contributed by atoms with E-state index >= 15 is 0 Å². The molecule has 2 aromatic heterocycles. The highest BCUT2D eigenvalue weighted by Gasteiger charge is 2.21. The van der Waals surface area contributed by atoms with Crippen LogP contribution in [-0.2, 0) is 0 Å². The van der Waals surface area contributed by atoms with E-state index in [1.807, 2.05) is 23.0 Å². The van der Waals surface area contributed by atoms with E-state index in [4.69, 9.17) is 9.72 Å². The Balaban J connectivity index is 1.62. The van der Waals surface area contributed by atoms with E-state index in [-0.39, 0.29) is 6.10 Å². The van der Waals surface area contributed by atoms with Crippen molar-refractivity contribution in [2.75, 3.05) is 31.5 Å². The van der Waals surface area contributed by atoms with E-state index in [0.29, 0.717) is 0 Å². The van der Waals surface area contributed by atoms with Gasteiger partial charge in [0.25, 0.3) is 0 Å². The maximum absolute atomic E-state index is 6.42. The predicted molar refractivity (Wildman–Crippen MR) is 106 cm³/mol. The minimum absolute atomic E-state index is 0.245. The molecule has 0 radical (unpaired) electrons. The largest absolute Gasteiger partial charge is 0.489 e. The molecule has 5 rings (SSSR count). The van der Waals surface area contributed by atoms with Gasteiger partial charge in [-0.05, 0) is 62.1 Å². The molecule has 2 atom stereocenters. The van der Waals surface area contributed by atoms with Gasteiger partial charge in [0.1, 0.15) is 17.7 Å². The molecule has 2 aliphatic rings. The molecule has 2 unspecified atom stereocenters. The van der Waals surface area contributed by atoms with Crippen LogP contribution in [0.15, 0.2) is 36.7 Å². The normalized spacial score (nSPS) is 22.6. The van der Waals surface area contributed by atoms with Crippen LogP contribution in [0.1, 0.15) is 24.8 Å². The van der Waals surface area contributed by atoms with Gasteiger partial charge in [0.2, 0.25) is 0 Å². The van der Waals surface area contributed by atoms with Crippen LogP contribution in [0.25, 0.3) is 16.8 Å². The number of anilines is 1. The molecule has 0 saturated carbocycles. The van der Waals surface area contributed by atoms with Gasteiger partial charge >= 0.3 is 0 Å². The van der Waals surface area contributed by atoms with Gasteiger partial charge in [-0.1, -0.05) is 6.07 Å². The fourth-order valence-corrected chi connectivity index (χ4v) is 4.13. The molecular weight excluding hydrogens is 338 g/mol. The second kappa shape index (κ2) is 6.85. The number of nitrogens with zero attached hydrogens (tertiary/aromatic N) is 4. The van der Waals surface area contributed by atoms with Gasteiger partial charge in [-0.2, -0.15) is 5.10 Å². The fraction of sp³-hybridized carbons (Fsp3) is 0.429. The topological polar surface area (TPSA) is 54.7 Å². The van der Waals surface area contributed by atoms with Crippen molar-refractivity contribution < 1.29 is 4.74 Å². The number of benzene rings is 1. The van der Waals surface area contributed by atoms with Crippen molar-refractivity contribution in [2.45, 2.75) is 32.3 Å². The molecule has 1 N–H and O–H groups in total. The van der Waals surface area contributed by atoms with Crippen molar-refractivity contribution in [2.24, 2.45) is 0 Å². The third kappa shape index (κ3) is 3.25. The molecule has 27 heavy (non-hydrogen) atoms. The summed E-state index contributed by atoms with van der Waals surface area (Å²) in [6.07, 6.45) is 7.69. The second-order valence-corrected chi connectivity index (χ2v) is 7.58. The fourth-order valence-electron chi connectivity index (χ4n) is 4.13. The second-order valence-electron chi connectivity index (χ2n) is 7.58. The molecule has 1 saturated heterocycles. The van der Waals surface area contributed by atoms with E-state index in [1.54, 1.807) is 0 Å². The summed E-state index contributed by atoms with van der Waals surface area (Å²) < 4.78 is 8.26. The Morgan fingerprint density at radius 3 is 3.07 bits per heavy atom. The first-order valence-corrected chi connectivity index (χ1v) is 9.84. The van der Waals surface area contributed by atoms with Crippen molar-refractivity contribution >= 4 is 11.5 Å². The highest BCUT2D eigenvalue weighted by atomic mass is 16.5. The molecule has 2 aliphatic heterocycles. The number of hydrogen-bond acceptors (Lipinski definition) is 5. The van der Waals surface area contributed by atoms with Gasteiger partial charge in [-0.15, -0.1) is 0 Å². The summed E-state index contributed by atoms with van der Waals surface area (Å²) in [6.45, 7) is 6.12. The molecule has 0 spiro atoms.